The molecule has 0 aliphatic carbocycles. The number of carbonyl (C=O) groups excluding carboxylic acids is 1. The fourth-order valence-electron chi connectivity index (χ4n) is 3.09. The number of nitrogens with zero attached hydrogens (tertiary/aromatic N) is 3. The van der Waals surface area contributed by atoms with E-state index in [0.29, 0.717) is 37.6 Å². The maximum atomic E-state index is 13.0. The Morgan fingerprint density at radius 3 is 2.20 bits per heavy atom. The van der Waals surface area contributed by atoms with Crippen molar-refractivity contribution in [1.29, 1.82) is 0 Å². The molecule has 0 aliphatic rings. The number of anilines is 2. The van der Waals surface area contributed by atoms with Gasteiger partial charge in [0.1, 0.15) is 10.8 Å². The largest absolute Gasteiger partial charge is 0.370 e. The number of benzene rings is 1. The number of halogens is 2. The first-order valence-electron chi connectivity index (χ1n) is 9.71. The number of nitrogens with one attached hydrogen (secondary N) is 1. The van der Waals surface area contributed by atoms with Gasteiger partial charge in [0, 0.05) is 26.2 Å². The summed E-state index contributed by atoms with van der Waals surface area (Å²) in [7, 11) is -3.69. The predicted octanol–water partition coefficient (Wildman–Crippen LogP) is 4.52. The van der Waals surface area contributed by atoms with Crippen molar-refractivity contribution in [3.63, 3.8) is 0 Å². The Hall–Kier alpha value is -1.87. The summed E-state index contributed by atoms with van der Waals surface area (Å²) in [5.74, 6) is -0.576. The van der Waals surface area contributed by atoms with Crippen LogP contribution in [0.5, 0.6) is 0 Å². The highest BCUT2D eigenvalue weighted by molar-refractivity contribution is 7.89. The zero-order valence-electron chi connectivity index (χ0n) is 17.4. The third-order valence-corrected chi connectivity index (χ3v) is 7.25. The van der Waals surface area contributed by atoms with E-state index in [-0.39, 0.29) is 20.8 Å². The Bertz CT molecular complexity index is 1010. The molecule has 10 heteroatoms. The van der Waals surface area contributed by atoms with Crippen molar-refractivity contribution in [3.8, 4) is 0 Å². The van der Waals surface area contributed by atoms with Gasteiger partial charge in [0.05, 0.1) is 21.3 Å². The van der Waals surface area contributed by atoms with E-state index in [2.05, 4.69) is 10.3 Å². The van der Waals surface area contributed by atoms with Crippen LogP contribution in [-0.2, 0) is 10.0 Å². The maximum absolute atomic E-state index is 13.0. The molecular weight excluding hydrogens is 447 g/mol. The molecule has 1 aromatic heterocycles. The van der Waals surface area contributed by atoms with Crippen LogP contribution in [0, 0.1) is 0 Å². The van der Waals surface area contributed by atoms with E-state index in [1.807, 2.05) is 18.7 Å². The first-order chi connectivity index (χ1) is 14.2. The minimum Gasteiger partial charge on any atom is -0.370 e. The predicted molar refractivity (Wildman–Crippen MR) is 122 cm³/mol. The van der Waals surface area contributed by atoms with Gasteiger partial charge in [0.2, 0.25) is 10.0 Å². The van der Waals surface area contributed by atoms with Crippen molar-refractivity contribution in [2.75, 3.05) is 36.4 Å². The van der Waals surface area contributed by atoms with Gasteiger partial charge >= 0.3 is 0 Å². The lowest BCUT2D eigenvalue weighted by Gasteiger charge is -2.26. The lowest BCUT2D eigenvalue weighted by Crippen LogP contribution is -2.31. The molecule has 0 bridgehead atoms. The minimum atomic E-state index is -3.69. The number of sulfonamides is 1. The minimum absolute atomic E-state index is 0.0355. The van der Waals surface area contributed by atoms with Crippen LogP contribution in [0.1, 0.15) is 38.2 Å². The normalized spacial score (nSPS) is 11.6. The van der Waals surface area contributed by atoms with E-state index in [0.717, 1.165) is 0 Å². The molecular formula is C20H26Cl2N4O3S. The molecule has 2 aromatic rings. The Balaban J connectivity index is 2.56. The number of aromatic nitrogens is 1. The van der Waals surface area contributed by atoms with E-state index >= 15 is 0 Å². The van der Waals surface area contributed by atoms with Crippen LogP contribution < -0.4 is 10.2 Å². The molecule has 30 heavy (non-hydrogen) atoms. The third kappa shape index (κ3) is 5.24. The number of amides is 1. The number of rotatable bonds is 9. The van der Waals surface area contributed by atoms with E-state index < -0.39 is 15.9 Å². The summed E-state index contributed by atoms with van der Waals surface area (Å²) in [4.78, 5) is 19.0. The number of carbonyl (C=O) groups is 1. The zero-order chi connectivity index (χ0) is 22.5. The van der Waals surface area contributed by atoms with Gasteiger partial charge < -0.3 is 10.2 Å². The quantitative estimate of drug-likeness (QED) is 0.542. The van der Waals surface area contributed by atoms with Gasteiger partial charge in [0.15, 0.2) is 0 Å². The average molecular weight is 473 g/mol. The monoisotopic (exact) mass is 472 g/mol. The maximum Gasteiger partial charge on any atom is 0.275 e. The standard InChI is InChI=1S/C20H26Cl2N4O3S/c1-5-25(6-2)17-11-9-14(30(28,29)26(7-3)8-4)13-16(17)23-20(27)19-15(21)10-12-18(22)24-19/h9-13H,5-8H2,1-4H3,(H,23,27). The molecule has 0 unspecified atom stereocenters. The van der Waals surface area contributed by atoms with Crippen LogP contribution in [0.25, 0.3) is 0 Å². The number of pyridine rings is 1. The highest BCUT2D eigenvalue weighted by Crippen LogP contribution is 2.31. The Kier molecular flexibility index (Phi) is 8.49. The van der Waals surface area contributed by atoms with Gasteiger partial charge in [0.25, 0.3) is 5.91 Å². The molecule has 0 fully saturated rings. The molecule has 2 rings (SSSR count). The van der Waals surface area contributed by atoms with Crippen LogP contribution in [0.3, 0.4) is 0 Å². The van der Waals surface area contributed by atoms with Crippen LogP contribution in [0.4, 0.5) is 11.4 Å². The van der Waals surface area contributed by atoms with Crippen LogP contribution in [-0.4, -0.2) is 49.8 Å². The molecule has 164 valence electrons. The zero-order valence-corrected chi connectivity index (χ0v) is 19.8. The highest BCUT2D eigenvalue weighted by Gasteiger charge is 2.24. The van der Waals surface area contributed by atoms with Crippen molar-refractivity contribution >= 4 is 50.5 Å². The second kappa shape index (κ2) is 10.4. The van der Waals surface area contributed by atoms with Gasteiger partial charge in [-0.1, -0.05) is 37.0 Å². The molecule has 1 aromatic carbocycles. The third-order valence-electron chi connectivity index (χ3n) is 4.69. The Morgan fingerprint density at radius 1 is 1.00 bits per heavy atom. The first-order valence-corrected chi connectivity index (χ1v) is 11.9. The molecule has 0 saturated heterocycles. The Morgan fingerprint density at radius 2 is 1.63 bits per heavy atom. The van der Waals surface area contributed by atoms with Gasteiger partial charge in [-0.3, -0.25) is 4.79 Å². The van der Waals surface area contributed by atoms with Gasteiger partial charge in [-0.25, -0.2) is 13.4 Å². The molecule has 1 N–H and O–H groups in total. The summed E-state index contributed by atoms with van der Waals surface area (Å²) >= 11 is 12.0. The lowest BCUT2D eigenvalue weighted by molar-refractivity contribution is 0.102. The first kappa shape index (κ1) is 24.4. The molecule has 1 amide bonds. The van der Waals surface area contributed by atoms with Crippen molar-refractivity contribution in [2.45, 2.75) is 32.6 Å². The summed E-state index contributed by atoms with van der Waals surface area (Å²) < 4.78 is 27.3. The molecule has 0 atom stereocenters. The fraction of sp³-hybridized carbons (Fsp3) is 0.400. The van der Waals surface area contributed by atoms with Crippen LogP contribution in [0.15, 0.2) is 35.2 Å². The van der Waals surface area contributed by atoms with E-state index in [4.69, 9.17) is 23.2 Å². The topological polar surface area (TPSA) is 82.6 Å². The summed E-state index contributed by atoms with van der Waals surface area (Å²) in [5.41, 5.74) is 1.02. The Labute approximate surface area is 188 Å². The highest BCUT2D eigenvalue weighted by atomic mass is 35.5. The van der Waals surface area contributed by atoms with Crippen LogP contribution >= 0.6 is 23.2 Å². The SMILES string of the molecule is CCN(CC)c1ccc(S(=O)(=O)N(CC)CC)cc1NC(=O)c1nc(Cl)ccc1Cl. The summed E-state index contributed by atoms with van der Waals surface area (Å²) in [6, 6.07) is 7.70. The van der Waals surface area contributed by atoms with Crippen LogP contribution in [0.2, 0.25) is 10.2 Å². The van der Waals surface area contributed by atoms with Crippen molar-refractivity contribution < 1.29 is 13.2 Å². The van der Waals surface area contributed by atoms with Crippen molar-refractivity contribution in [2.24, 2.45) is 0 Å². The smallest absolute Gasteiger partial charge is 0.275 e. The second-order valence-corrected chi connectivity index (χ2v) is 9.09. The van der Waals surface area contributed by atoms with E-state index in [9.17, 15) is 13.2 Å². The van der Waals surface area contributed by atoms with Gasteiger partial charge in [-0.2, -0.15) is 4.31 Å². The summed E-state index contributed by atoms with van der Waals surface area (Å²) in [6.45, 7) is 9.56. The molecule has 0 radical (unpaired) electrons. The molecule has 0 saturated carbocycles. The molecule has 0 spiro atoms. The van der Waals surface area contributed by atoms with Crippen molar-refractivity contribution in [1.82, 2.24) is 9.29 Å². The lowest BCUT2D eigenvalue weighted by atomic mass is 10.2. The molecule has 0 aliphatic heterocycles. The summed E-state index contributed by atoms with van der Waals surface area (Å²) in [5, 5.41) is 3.04. The fourth-order valence-corrected chi connectivity index (χ4v) is 4.91. The molecule has 7 nitrogen and oxygen atoms in total. The summed E-state index contributed by atoms with van der Waals surface area (Å²) in [6.07, 6.45) is 0. The van der Waals surface area contributed by atoms with E-state index in [1.165, 1.54) is 22.5 Å². The average Bonchev–Trinajstić information content (AvgIpc) is 2.72. The van der Waals surface area contributed by atoms with Gasteiger partial charge in [-0.15, -0.1) is 0 Å². The van der Waals surface area contributed by atoms with Gasteiger partial charge in [-0.05, 0) is 44.2 Å². The van der Waals surface area contributed by atoms with E-state index in [1.54, 1.807) is 26.0 Å². The second-order valence-electron chi connectivity index (χ2n) is 6.36. The number of hydrogen-bond donors (Lipinski definition) is 1. The number of hydrogen-bond acceptors (Lipinski definition) is 5. The molecule has 1 heterocycles. The van der Waals surface area contributed by atoms with Crippen molar-refractivity contribution in [3.05, 3.63) is 46.2 Å².